The first-order chi connectivity index (χ1) is 7.62. The van der Waals surface area contributed by atoms with E-state index in [-0.39, 0.29) is 0 Å². The Balaban J connectivity index is 2.27. The van der Waals surface area contributed by atoms with Crippen LogP contribution in [-0.4, -0.2) is 25.7 Å². The molecule has 2 N–H and O–H groups in total. The molecule has 0 saturated heterocycles. The molecular formula is C11H13F2NO2. The third-order valence-corrected chi connectivity index (χ3v) is 2.40. The van der Waals surface area contributed by atoms with Crippen molar-refractivity contribution in [1.29, 1.82) is 0 Å². The van der Waals surface area contributed by atoms with Crippen LogP contribution in [0.4, 0.5) is 8.78 Å². The second-order valence-electron chi connectivity index (χ2n) is 3.68. The third-order valence-electron chi connectivity index (χ3n) is 2.40. The van der Waals surface area contributed by atoms with Crippen molar-refractivity contribution < 1.29 is 18.3 Å². The van der Waals surface area contributed by atoms with E-state index in [0.717, 1.165) is 0 Å². The highest BCUT2D eigenvalue weighted by atomic mass is 19.3. The molecular weight excluding hydrogens is 216 g/mol. The minimum absolute atomic E-state index is 0.387. The van der Waals surface area contributed by atoms with Crippen LogP contribution < -0.4 is 15.2 Å². The van der Waals surface area contributed by atoms with Crippen LogP contribution >= 0.6 is 0 Å². The molecule has 1 aromatic rings. The van der Waals surface area contributed by atoms with E-state index in [0.29, 0.717) is 30.3 Å². The summed E-state index contributed by atoms with van der Waals surface area (Å²) in [5.74, 6) is -1.96. The van der Waals surface area contributed by atoms with Gasteiger partial charge in [-0.25, -0.2) is 8.78 Å². The monoisotopic (exact) mass is 229 g/mol. The molecule has 0 amide bonds. The molecule has 0 aromatic heterocycles. The standard InChI is InChI=1S/C11H13F2NO2/c12-11(13,7-14)6-8-2-1-3-9-10(8)16-5-4-15-9/h1-3H,4-7,14H2. The molecule has 88 valence electrons. The fourth-order valence-corrected chi connectivity index (χ4v) is 1.62. The van der Waals surface area contributed by atoms with Crippen LogP contribution in [0.2, 0.25) is 0 Å². The van der Waals surface area contributed by atoms with Gasteiger partial charge in [0.2, 0.25) is 0 Å². The Kier molecular flexibility index (Phi) is 2.96. The zero-order valence-electron chi connectivity index (χ0n) is 8.71. The first-order valence-corrected chi connectivity index (χ1v) is 5.08. The van der Waals surface area contributed by atoms with Crippen molar-refractivity contribution in [3.63, 3.8) is 0 Å². The Morgan fingerprint density at radius 3 is 2.75 bits per heavy atom. The molecule has 2 rings (SSSR count). The number of hydrogen-bond donors (Lipinski definition) is 1. The Labute approximate surface area is 92.1 Å². The van der Waals surface area contributed by atoms with Crippen molar-refractivity contribution >= 4 is 0 Å². The lowest BCUT2D eigenvalue weighted by molar-refractivity contribution is 0.0104. The Bertz CT molecular complexity index is 382. The summed E-state index contributed by atoms with van der Waals surface area (Å²) in [6, 6.07) is 4.99. The predicted molar refractivity (Wildman–Crippen MR) is 55.1 cm³/mol. The number of hydrogen-bond acceptors (Lipinski definition) is 3. The lowest BCUT2D eigenvalue weighted by atomic mass is 10.1. The van der Waals surface area contributed by atoms with Gasteiger partial charge in [-0.3, -0.25) is 0 Å². The summed E-state index contributed by atoms with van der Waals surface area (Å²) in [6.07, 6.45) is -0.421. The van der Waals surface area contributed by atoms with Gasteiger partial charge in [0.1, 0.15) is 13.2 Å². The summed E-state index contributed by atoms with van der Waals surface area (Å²) >= 11 is 0. The van der Waals surface area contributed by atoms with Crippen molar-refractivity contribution in [2.24, 2.45) is 5.73 Å². The number of para-hydroxylation sites is 1. The molecule has 0 spiro atoms. The highest BCUT2D eigenvalue weighted by molar-refractivity contribution is 5.47. The molecule has 0 fully saturated rings. The van der Waals surface area contributed by atoms with Gasteiger partial charge in [0, 0.05) is 12.0 Å². The minimum Gasteiger partial charge on any atom is -0.486 e. The topological polar surface area (TPSA) is 44.5 Å². The Morgan fingerprint density at radius 2 is 2.00 bits per heavy atom. The normalized spacial score (nSPS) is 14.9. The van der Waals surface area contributed by atoms with Gasteiger partial charge in [-0.05, 0) is 6.07 Å². The van der Waals surface area contributed by atoms with Crippen LogP contribution in [0.5, 0.6) is 11.5 Å². The van der Waals surface area contributed by atoms with E-state index >= 15 is 0 Å². The van der Waals surface area contributed by atoms with Gasteiger partial charge in [-0.2, -0.15) is 0 Å². The molecule has 16 heavy (non-hydrogen) atoms. The van der Waals surface area contributed by atoms with Gasteiger partial charge in [0.05, 0.1) is 6.54 Å². The number of halogens is 2. The molecule has 1 heterocycles. The summed E-state index contributed by atoms with van der Waals surface area (Å²) in [5.41, 5.74) is 5.45. The second-order valence-corrected chi connectivity index (χ2v) is 3.68. The number of rotatable bonds is 3. The lowest BCUT2D eigenvalue weighted by Gasteiger charge is -2.22. The third kappa shape index (κ3) is 2.24. The van der Waals surface area contributed by atoms with E-state index in [4.69, 9.17) is 15.2 Å². The van der Waals surface area contributed by atoms with Crippen molar-refractivity contribution in [2.45, 2.75) is 12.3 Å². The van der Waals surface area contributed by atoms with Gasteiger partial charge >= 0.3 is 0 Å². The maximum atomic E-state index is 13.2. The lowest BCUT2D eigenvalue weighted by Crippen LogP contribution is -2.30. The summed E-state index contributed by atoms with van der Waals surface area (Å²) in [4.78, 5) is 0. The maximum absolute atomic E-state index is 13.2. The van der Waals surface area contributed by atoms with E-state index in [2.05, 4.69) is 0 Å². The summed E-state index contributed by atoms with van der Waals surface area (Å²) < 4.78 is 37.0. The fraction of sp³-hybridized carbons (Fsp3) is 0.455. The van der Waals surface area contributed by atoms with Gasteiger partial charge in [0.15, 0.2) is 11.5 Å². The van der Waals surface area contributed by atoms with E-state index < -0.39 is 18.9 Å². The molecule has 1 aliphatic rings. The number of nitrogens with two attached hydrogens (primary N) is 1. The maximum Gasteiger partial charge on any atom is 0.264 e. The average molecular weight is 229 g/mol. The molecule has 0 aliphatic carbocycles. The van der Waals surface area contributed by atoms with Gasteiger partial charge in [-0.15, -0.1) is 0 Å². The molecule has 5 heteroatoms. The van der Waals surface area contributed by atoms with Crippen LogP contribution in [0, 0.1) is 0 Å². The van der Waals surface area contributed by atoms with Crippen molar-refractivity contribution in [3.05, 3.63) is 23.8 Å². The highest BCUT2D eigenvalue weighted by Gasteiger charge is 2.30. The fourth-order valence-electron chi connectivity index (χ4n) is 1.62. The van der Waals surface area contributed by atoms with Gasteiger partial charge in [0.25, 0.3) is 5.92 Å². The summed E-state index contributed by atoms with van der Waals surface area (Å²) in [7, 11) is 0. The summed E-state index contributed by atoms with van der Waals surface area (Å²) in [5, 5.41) is 0. The largest absolute Gasteiger partial charge is 0.486 e. The van der Waals surface area contributed by atoms with Gasteiger partial charge < -0.3 is 15.2 Å². The second kappa shape index (κ2) is 4.25. The van der Waals surface area contributed by atoms with E-state index in [1.807, 2.05) is 0 Å². The zero-order valence-corrected chi connectivity index (χ0v) is 8.71. The highest BCUT2D eigenvalue weighted by Crippen LogP contribution is 2.36. The SMILES string of the molecule is NCC(F)(F)Cc1cccc2c1OCCO2. The first kappa shape index (κ1) is 11.1. The van der Waals surface area contributed by atoms with Crippen LogP contribution in [0.25, 0.3) is 0 Å². The van der Waals surface area contributed by atoms with E-state index in [1.54, 1.807) is 18.2 Å². The van der Waals surface area contributed by atoms with Gasteiger partial charge in [-0.1, -0.05) is 12.1 Å². The van der Waals surface area contributed by atoms with Crippen LogP contribution in [0.3, 0.4) is 0 Å². The Hall–Kier alpha value is -1.36. The number of benzene rings is 1. The van der Waals surface area contributed by atoms with Crippen LogP contribution in [-0.2, 0) is 6.42 Å². The molecule has 1 aliphatic heterocycles. The zero-order chi connectivity index (χ0) is 11.6. The van der Waals surface area contributed by atoms with Crippen LogP contribution in [0.1, 0.15) is 5.56 Å². The molecule has 1 aromatic carbocycles. The Morgan fingerprint density at radius 1 is 1.25 bits per heavy atom. The van der Waals surface area contributed by atoms with E-state index in [1.165, 1.54) is 0 Å². The van der Waals surface area contributed by atoms with Crippen molar-refractivity contribution in [2.75, 3.05) is 19.8 Å². The average Bonchev–Trinajstić information content (AvgIpc) is 2.29. The molecule has 0 saturated carbocycles. The van der Waals surface area contributed by atoms with Crippen molar-refractivity contribution in [3.8, 4) is 11.5 Å². The minimum atomic E-state index is -2.91. The molecule has 0 bridgehead atoms. The molecule has 3 nitrogen and oxygen atoms in total. The number of ether oxygens (including phenoxy) is 2. The smallest absolute Gasteiger partial charge is 0.264 e. The predicted octanol–water partition coefficient (Wildman–Crippen LogP) is 1.59. The number of alkyl halides is 2. The number of fused-ring (bicyclic) bond motifs is 1. The molecule has 0 unspecified atom stereocenters. The first-order valence-electron chi connectivity index (χ1n) is 5.08. The van der Waals surface area contributed by atoms with Crippen LogP contribution in [0.15, 0.2) is 18.2 Å². The van der Waals surface area contributed by atoms with Crippen molar-refractivity contribution in [1.82, 2.24) is 0 Å². The molecule has 0 radical (unpaired) electrons. The summed E-state index contributed by atoms with van der Waals surface area (Å²) in [6.45, 7) is 0.166. The quantitative estimate of drug-likeness (QED) is 0.856. The van der Waals surface area contributed by atoms with E-state index in [9.17, 15) is 8.78 Å². The molecule has 0 atom stereocenters.